The molecule has 18 heavy (non-hydrogen) atoms. The van der Waals surface area contributed by atoms with Crippen LogP contribution in [0.2, 0.25) is 0 Å². The summed E-state index contributed by atoms with van der Waals surface area (Å²) in [6.07, 6.45) is 2.65. The second-order valence-corrected chi connectivity index (χ2v) is 4.46. The number of hydrogen-bond acceptors (Lipinski definition) is 3. The first kappa shape index (κ1) is 12.6. The van der Waals surface area contributed by atoms with Gasteiger partial charge in [0.2, 0.25) is 0 Å². The number of hydrogen-bond donors (Lipinski definition) is 2. The molecular weight excluding hydrogens is 224 g/mol. The normalized spacial score (nSPS) is 12.3. The van der Waals surface area contributed by atoms with Crippen LogP contribution in [0.1, 0.15) is 29.2 Å². The first-order valence-electron chi connectivity index (χ1n) is 6.11. The van der Waals surface area contributed by atoms with E-state index in [1.807, 2.05) is 43.3 Å². The summed E-state index contributed by atoms with van der Waals surface area (Å²) in [4.78, 5) is 4.09. The third-order valence-electron chi connectivity index (χ3n) is 3.18. The Morgan fingerprint density at radius 2 is 1.94 bits per heavy atom. The fraction of sp³-hybridized carbons (Fsp3) is 0.267. The van der Waals surface area contributed by atoms with Gasteiger partial charge in [-0.15, -0.1) is 0 Å². The molecule has 3 heteroatoms. The Morgan fingerprint density at radius 3 is 2.61 bits per heavy atom. The highest BCUT2D eigenvalue weighted by Crippen LogP contribution is 2.22. The van der Waals surface area contributed by atoms with Crippen LogP contribution in [0.4, 0.5) is 5.82 Å². The van der Waals surface area contributed by atoms with Gasteiger partial charge in [0.1, 0.15) is 5.82 Å². The maximum absolute atomic E-state index is 10.1. The molecule has 0 radical (unpaired) electrons. The Bertz CT molecular complexity index is 491. The van der Waals surface area contributed by atoms with Crippen molar-refractivity contribution in [1.29, 1.82) is 0 Å². The number of aryl methyl sites for hydroxylation is 1. The molecule has 0 spiro atoms. The smallest absolute Gasteiger partial charge is 0.126 e. The summed E-state index contributed by atoms with van der Waals surface area (Å²) in [7, 11) is 0. The van der Waals surface area contributed by atoms with Gasteiger partial charge in [-0.1, -0.05) is 30.3 Å². The van der Waals surface area contributed by atoms with Crippen molar-refractivity contribution < 1.29 is 5.11 Å². The van der Waals surface area contributed by atoms with Crippen molar-refractivity contribution in [2.75, 3.05) is 5.73 Å². The fourth-order valence-corrected chi connectivity index (χ4v) is 2.06. The molecule has 3 N–H and O–H groups in total. The van der Waals surface area contributed by atoms with Gasteiger partial charge < -0.3 is 10.8 Å². The first-order chi connectivity index (χ1) is 8.68. The van der Waals surface area contributed by atoms with Crippen molar-refractivity contribution in [1.82, 2.24) is 4.98 Å². The largest absolute Gasteiger partial charge is 0.388 e. The Hall–Kier alpha value is -1.87. The highest BCUT2D eigenvalue weighted by atomic mass is 16.3. The Balaban J connectivity index is 2.04. The van der Waals surface area contributed by atoms with E-state index in [4.69, 9.17) is 5.73 Å². The van der Waals surface area contributed by atoms with Crippen molar-refractivity contribution in [3.63, 3.8) is 0 Å². The average molecular weight is 242 g/mol. The van der Waals surface area contributed by atoms with E-state index in [1.165, 1.54) is 0 Å². The Kier molecular flexibility index (Phi) is 3.95. The van der Waals surface area contributed by atoms with E-state index in [9.17, 15) is 5.11 Å². The molecule has 0 saturated carbocycles. The molecule has 0 aliphatic heterocycles. The third-order valence-corrected chi connectivity index (χ3v) is 3.18. The SMILES string of the molecule is Cc1ccnc(N)c1CCC(O)c1ccccc1. The minimum absolute atomic E-state index is 0.454. The minimum Gasteiger partial charge on any atom is -0.388 e. The fourth-order valence-electron chi connectivity index (χ4n) is 2.06. The minimum atomic E-state index is -0.454. The van der Waals surface area contributed by atoms with Crippen molar-refractivity contribution in [3.05, 3.63) is 59.3 Å². The van der Waals surface area contributed by atoms with Crippen LogP contribution in [-0.2, 0) is 6.42 Å². The summed E-state index contributed by atoms with van der Waals surface area (Å²) < 4.78 is 0. The van der Waals surface area contributed by atoms with Crippen LogP contribution < -0.4 is 5.73 Å². The lowest BCUT2D eigenvalue weighted by Crippen LogP contribution is -2.04. The predicted molar refractivity (Wildman–Crippen MR) is 73.1 cm³/mol. The molecule has 3 nitrogen and oxygen atoms in total. The average Bonchev–Trinajstić information content (AvgIpc) is 2.39. The molecule has 1 unspecified atom stereocenters. The summed E-state index contributed by atoms with van der Waals surface area (Å²) in [6, 6.07) is 11.6. The van der Waals surface area contributed by atoms with Gasteiger partial charge in [0.05, 0.1) is 6.10 Å². The predicted octanol–water partition coefficient (Wildman–Crippen LogP) is 2.64. The summed E-state index contributed by atoms with van der Waals surface area (Å²) in [5, 5.41) is 10.1. The van der Waals surface area contributed by atoms with Crippen LogP contribution >= 0.6 is 0 Å². The number of aliphatic hydroxyl groups is 1. The molecule has 0 aliphatic rings. The standard InChI is InChI=1S/C15H18N2O/c1-11-9-10-17-15(16)13(11)7-8-14(18)12-5-3-2-4-6-12/h2-6,9-10,14,18H,7-8H2,1H3,(H2,16,17). The summed E-state index contributed by atoms with van der Waals surface area (Å²) in [5.41, 5.74) is 8.96. The maximum Gasteiger partial charge on any atom is 0.126 e. The molecule has 0 amide bonds. The van der Waals surface area contributed by atoms with Crippen molar-refractivity contribution >= 4 is 5.82 Å². The lowest BCUT2D eigenvalue weighted by molar-refractivity contribution is 0.168. The van der Waals surface area contributed by atoms with Crippen LogP contribution in [0.15, 0.2) is 42.6 Å². The molecule has 94 valence electrons. The zero-order valence-electron chi connectivity index (χ0n) is 10.5. The number of aromatic nitrogens is 1. The molecule has 0 bridgehead atoms. The monoisotopic (exact) mass is 242 g/mol. The lowest BCUT2D eigenvalue weighted by Gasteiger charge is -2.13. The molecule has 1 aromatic heterocycles. The number of anilines is 1. The van der Waals surface area contributed by atoms with E-state index in [-0.39, 0.29) is 0 Å². The topological polar surface area (TPSA) is 59.1 Å². The van der Waals surface area contributed by atoms with E-state index in [2.05, 4.69) is 4.98 Å². The number of pyridine rings is 1. The van der Waals surface area contributed by atoms with Gasteiger partial charge in [0.25, 0.3) is 0 Å². The number of nitrogen functional groups attached to an aromatic ring is 1. The van der Waals surface area contributed by atoms with Gasteiger partial charge in [-0.2, -0.15) is 0 Å². The molecule has 2 rings (SSSR count). The molecule has 0 fully saturated rings. The quantitative estimate of drug-likeness (QED) is 0.866. The highest BCUT2D eigenvalue weighted by molar-refractivity contribution is 5.43. The van der Waals surface area contributed by atoms with Crippen LogP contribution in [0.3, 0.4) is 0 Å². The molecule has 1 aromatic carbocycles. The number of aliphatic hydroxyl groups excluding tert-OH is 1. The molecule has 2 aromatic rings. The zero-order chi connectivity index (χ0) is 13.0. The molecule has 1 heterocycles. The van der Waals surface area contributed by atoms with Gasteiger partial charge in [-0.3, -0.25) is 0 Å². The van der Waals surface area contributed by atoms with Gasteiger partial charge in [0.15, 0.2) is 0 Å². The molecule has 0 saturated heterocycles. The van der Waals surface area contributed by atoms with Crippen LogP contribution in [0.25, 0.3) is 0 Å². The molecule has 0 aliphatic carbocycles. The van der Waals surface area contributed by atoms with E-state index < -0.39 is 6.10 Å². The highest BCUT2D eigenvalue weighted by Gasteiger charge is 2.10. The van der Waals surface area contributed by atoms with E-state index >= 15 is 0 Å². The first-order valence-corrected chi connectivity index (χ1v) is 6.11. The van der Waals surface area contributed by atoms with E-state index in [0.29, 0.717) is 12.2 Å². The zero-order valence-corrected chi connectivity index (χ0v) is 10.5. The second-order valence-electron chi connectivity index (χ2n) is 4.46. The molecule has 1 atom stereocenters. The lowest BCUT2D eigenvalue weighted by atomic mass is 9.99. The van der Waals surface area contributed by atoms with Gasteiger partial charge in [-0.05, 0) is 42.5 Å². The molecular formula is C15H18N2O. The Labute approximate surface area is 107 Å². The maximum atomic E-state index is 10.1. The number of nitrogens with zero attached hydrogens (tertiary/aromatic N) is 1. The van der Waals surface area contributed by atoms with Crippen molar-refractivity contribution in [3.8, 4) is 0 Å². The second kappa shape index (κ2) is 5.65. The van der Waals surface area contributed by atoms with E-state index in [1.54, 1.807) is 6.20 Å². The van der Waals surface area contributed by atoms with Crippen LogP contribution in [0, 0.1) is 6.92 Å². The summed E-state index contributed by atoms with van der Waals surface area (Å²) in [5.74, 6) is 0.565. The van der Waals surface area contributed by atoms with Crippen molar-refractivity contribution in [2.24, 2.45) is 0 Å². The third kappa shape index (κ3) is 2.87. The van der Waals surface area contributed by atoms with Gasteiger partial charge >= 0.3 is 0 Å². The van der Waals surface area contributed by atoms with Gasteiger partial charge in [-0.25, -0.2) is 4.98 Å². The van der Waals surface area contributed by atoms with E-state index in [0.717, 1.165) is 23.1 Å². The number of nitrogens with two attached hydrogens (primary N) is 1. The van der Waals surface area contributed by atoms with Gasteiger partial charge in [0, 0.05) is 6.20 Å². The number of rotatable bonds is 4. The van der Waals surface area contributed by atoms with Crippen LogP contribution in [0.5, 0.6) is 0 Å². The summed E-state index contributed by atoms with van der Waals surface area (Å²) in [6.45, 7) is 2.02. The van der Waals surface area contributed by atoms with Crippen molar-refractivity contribution in [2.45, 2.75) is 25.9 Å². The number of benzene rings is 1. The Morgan fingerprint density at radius 1 is 1.22 bits per heavy atom. The summed E-state index contributed by atoms with van der Waals surface area (Å²) >= 11 is 0. The van der Waals surface area contributed by atoms with Crippen LogP contribution in [-0.4, -0.2) is 10.1 Å².